The van der Waals surface area contributed by atoms with Crippen LogP contribution in [-0.2, 0) is 0 Å². The van der Waals surface area contributed by atoms with Crippen LogP contribution in [0.2, 0.25) is 0 Å². The van der Waals surface area contributed by atoms with Gasteiger partial charge in [0.15, 0.2) is 0 Å². The van der Waals surface area contributed by atoms with Crippen LogP contribution in [-0.4, -0.2) is 30.9 Å². The van der Waals surface area contributed by atoms with Crippen molar-refractivity contribution in [2.75, 3.05) is 19.6 Å². The molecule has 10 heavy (non-hydrogen) atoms. The van der Waals surface area contributed by atoms with Crippen LogP contribution >= 0.6 is 0 Å². The lowest BCUT2D eigenvalue weighted by Gasteiger charge is -1.98. The standard InChI is InChI=1S/C8H19N2/c1-3-4-7-10(2)8-5-6-9/h2-9H2,1H3/q+1. The van der Waals surface area contributed by atoms with Gasteiger partial charge in [-0.3, -0.25) is 0 Å². The van der Waals surface area contributed by atoms with Gasteiger partial charge in [-0.15, -0.1) is 0 Å². The molecule has 0 saturated heterocycles. The number of nitrogens with zero attached hydrogens (tertiary/aromatic N) is 1. The Morgan fingerprint density at radius 3 is 2.40 bits per heavy atom. The van der Waals surface area contributed by atoms with E-state index in [4.69, 9.17) is 5.73 Å². The van der Waals surface area contributed by atoms with Crippen molar-refractivity contribution < 1.29 is 4.58 Å². The quantitative estimate of drug-likeness (QED) is 0.433. The van der Waals surface area contributed by atoms with E-state index in [9.17, 15) is 0 Å². The molecule has 0 aromatic carbocycles. The second-order valence-electron chi connectivity index (χ2n) is 2.61. The first kappa shape index (κ1) is 9.63. The lowest BCUT2D eigenvalue weighted by molar-refractivity contribution is -0.520. The van der Waals surface area contributed by atoms with Gasteiger partial charge in [0.2, 0.25) is 0 Å². The van der Waals surface area contributed by atoms with E-state index in [2.05, 4.69) is 18.2 Å². The van der Waals surface area contributed by atoms with Crippen molar-refractivity contribution in [2.24, 2.45) is 5.73 Å². The van der Waals surface area contributed by atoms with Gasteiger partial charge in [0.25, 0.3) is 0 Å². The van der Waals surface area contributed by atoms with Crippen LogP contribution in [0.3, 0.4) is 0 Å². The van der Waals surface area contributed by atoms with E-state index in [1.807, 2.05) is 0 Å². The summed E-state index contributed by atoms with van der Waals surface area (Å²) in [7, 11) is 0. The summed E-state index contributed by atoms with van der Waals surface area (Å²) >= 11 is 0. The normalized spacial score (nSPS) is 9.80. The molecule has 0 aliphatic heterocycles. The Hall–Kier alpha value is -0.370. The maximum absolute atomic E-state index is 5.35. The molecule has 2 nitrogen and oxygen atoms in total. The molecule has 0 aromatic rings. The first-order valence-corrected chi connectivity index (χ1v) is 4.06. The molecule has 0 aliphatic carbocycles. The molecule has 0 heterocycles. The second-order valence-corrected chi connectivity index (χ2v) is 2.61. The molecular formula is C8H19N2+. The van der Waals surface area contributed by atoms with Gasteiger partial charge >= 0.3 is 0 Å². The monoisotopic (exact) mass is 143 g/mol. The highest BCUT2D eigenvalue weighted by Gasteiger charge is 1.96. The van der Waals surface area contributed by atoms with Gasteiger partial charge in [0.1, 0.15) is 19.8 Å². The van der Waals surface area contributed by atoms with Crippen LogP contribution < -0.4 is 5.73 Å². The van der Waals surface area contributed by atoms with Crippen LogP contribution in [0.25, 0.3) is 0 Å². The minimum Gasteiger partial charge on any atom is -0.330 e. The third-order valence-electron chi connectivity index (χ3n) is 1.51. The van der Waals surface area contributed by atoms with Gasteiger partial charge in [0, 0.05) is 12.8 Å². The van der Waals surface area contributed by atoms with Crippen LogP contribution in [0.1, 0.15) is 26.2 Å². The highest BCUT2D eigenvalue weighted by molar-refractivity contribution is 5.14. The molecule has 0 saturated carbocycles. The van der Waals surface area contributed by atoms with E-state index in [0.29, 0.717) is 0 Å². The second kappa shape index (κ2) is 6.75. The smallest absolute Gasteiger partial charge is 0.143 e. The third-order valence-corrected chi connectivity index (χ3v) is 1.51. The van der Waals surface area contributed by atoms with E-state index in [0.717, 1.165) is 26.1 Å². The lowest BCUT2D eigenvalue weighted by atomic mass is 10.3. The molecule has 0 aliphatic rings. The zero-order valence-electron chi connectivity index (χ0n) is 6.97. The minimum atomic E-state index is 0.776. The largest absolute Gasteiger partial charge is 0.330 e. The van der Waals surface area contributed by atoms with Crippen LogP contribution in [0, 0.1) is 0 Å². The summed E-state index contributed by atoms with van der Waals surface area (Å²) in [6.45, 7) is 9.00. The maximum Gasteiger partial charge on any atom is 0.143 e. The van der Waals surface area contributed by atoms with E-state index >= 15 is 0 Å². The minimum absolute atomic E-state index is 0.776. The number of unbranched alkanes of at least 4 members (excludes halogenated alkanes) is 1. The molecular weight excluding hydrogens is 124 g/mol. The molecule has 0 atom stereocenters. The fourth-order valence-electron chi connectivity index (χ4n) is 0.808. The molecule has 0 fully saturated rings. The fraction of sp³-hybridized carbons (Fsp3) is 0.875. The van der Waals surface area contributed by atoms with E-state index in [1.165, 1.54) is 12.8 Å². The average molecular weight is 143 g/mol. The van der Waals surface area contributed by atoms with Crippen LogP contribution in [0.4, 0.5) is 0 Å². The predicted octanol–water partition coefficient (Wildman–Crippen LogP) is 0.848. The predicted molar refractivity (Wildman–Crippen MR) is 45.7 cm³/mol. The van der Waals surface area contributed by atoms with Gasteiger partial charge < -0.3 is 5.73 Å². The Morgan fingerprint density at radius 2 is 1.90 bits per heavy atom. The Balaban J connectivity index is 3.09. The summed E-state index contributed by atoms with van der Waals surface area (Å²) < 4.78 is 2.09. The lowest BCUT2D eigenvalue weighted by Crippen LogP contribution is -2.15. The van der Waals surface area contributed by atoms with Gasteiger partial charge in [0.05, 0.1) is 0 Å². The Morgan fingerprint density at radius 1 is 1.30 bits per heavy atom. The number of rotatable bonds is 6. The van der Waals surface area contributed by atoms with Crippen molar-refractivity contribution in [3.05, 3.63) is 0 Å². The Bertz CT molecular complexity index is 79.3. The molecule has 0 rings (SSSR count). The third kappa shape index (κ3) is 5.76. The Labute approximate surface area is 63.7 Å². The zero-order chi connectivity index (χ0) is 7.82. The molecule has 0 radical (unpaired) electrons. The van der Waals surface area contributed by atoms with Crippen molar-refractivity contribution in [3.8, 4) is 0 Å². The molecule has 2 N–H and O–H groups in total. The highest BCUT2D eigenvalue weighted by Crippen LogP contribution is 1.87. The summed E-state index contributed by atoms with van der Waals surface area (Å²) in [4.78, 5) is 0. The van der Waals surface area contributed by atoms with Crippen LogP contribution in [0.15, 0.2) is 0 Å². The number of hydrogen-bond donors (Lipinski definition) is 1. The van der Waals surface area contributed by atoms with Crippen molar-refractivity contribution in [1.82, 2.24) is 0 Å². The van der Waals surface area contributed by atoms with Gasteiger partial charge in [-0.05, 0) is 6.54 Å². The van der Waals surface area contributed by atoms with E-state index in [1.54, 1.807) is 0 Å². The molecule has 0 spiro atoms. The first-order valence-electron chi connectivity index (χ1n) is 4.06. The van der Waals surface area contributed by atoms with E-state index < -0.39 is 0 Å². The molecule has 0 aromatic heterocycles. The maximum atomic E-state index is 5.35. The van der Waals surface area contributed by atoms with E-state index in [-0.39, 0.29) is 0 Å². The number of nitrogens with two attached hydrogens (primary N) is 1. The van der Waals surface area contributed by atoms with Crippen molar-refractivity contribution >= 4 is 6.72 Å². The summed E-state index contributed by atoms with van der Waals surface area (Å²) in [6, 6.07) is 0. The summed E-state index contributed by atoms with van der Waals surface area (Å²) in [5, 5.41) is 0. The molecule has 2 heteroatoms. The summed E-state index contributed by atoms with van der Waals surface area (Å²) in [5.74, 6) is 0. The average Bonchev–Trinajstić information content (AvgIpc) is 1.97. The summed E-state index contributed by atoms with van der Waals surface area (Å²) in [5.41, 5.74) is 5.35. The number of hydrogen-bond acceptors (Lipinski definition) is 1. The zero-order valence-corrected chi connectivity index (χ0v) is 6.97. The first-order chi connectivity index (χ1) is 4.81. The van der Waals surface area contributed by atoms with Gasteiger partial charge in [-0.25, -0.2) is 4.58 Å². The topological polar surface area (TPSA) is 29.0 Å². The molecule has 60 valence electrons. The summed E-state index contributed by atoms with van der Waals surface area (Å²) in [6.07, 6.45) is 3.55. The van der Waals surface area contributed by atoms with Gasteiger partial charge in [-0.1, -0.05) is 13.3 Å². The Kier molecular flexibility index (Phi) is 6.50. The fourth-order valence-corrected chi connectivity index (χ4v) is 0.808. The van der Waals surface area contributed by atoms with Gasteiger partial charge in [-0.2, -0.15) is 0 Å². The molecule has 0 amide bonds. The molecule has 0 bridgehead atoms. The molecule has 0 unspecified atom stereocenters. The highest BCUT2D eigenvalue weighted by atomic mass is 15.0. The van der Waals surface area contributed by atoms with Crippen LogP contribution in [0.5, 0.6) is 0 Å². The SMILES string of the molecule is C=[N+](CCCC)CCCN. The van der Waals surface area contributed by atoms with Crippen molar-refractivity contribution in [1.29, 1.82) is 0 Å². The van der Waals surface area contributed by atoms with Crippen molar-refractivity contribution in [3.63, 3.8) is 0 Å². The van der Waals surface area contributed by atoms with Crippen molar-refractivity contribution in [2.45, 2.75) is 26.2 Å².